The summed E-state index contributed by atoms with van der Waals surface area (Å²) in [5.41, 5.74) is 5.52. The predicted molar refractivity (Wildman–Crippen MR) is 36.3 cm³/mol. The highest BCUT2D eigenvalue weighted by molar-refractivity contribution is 5.01. The van der Waals surface area contributed by atoms with Crippen LogP contribution in [0.15, 0.2) is 0 Å². The van der Waals surface area contributed by atoms with Crippen molar-refractivity contribution in [3.63, 3.8) is 0 Å². The lowest BCUT2D eigenvalue weighted by atomic mass is 10.1. The molecule has 0 aromatic carbocycles. The second-order valence-corrected chi connectivity index (χ2v) is 2.04. The van der Waals surface area contributed by atoms with Gasteiger partial charge in [0.1, 0.15) is 0 Å². The summed E-state index contributed by atoms with van der Waals surface area (Å²) in [6.45, 7) is 5.83. The number of rotatable bonds is 1. The van der Waals surface area contributed by atoms with E-state index in [1.807, 2.05) is 20.8 Å². The maximum Gasteiger partial charge on any atom is 0.0323 e. The van der Waals surface area contributed by atoms with E-state index in [-0.39, 0.29) is 6.04 Å². The van der Waals surface area contributed by atoms with E-state index in [0.717, 1.165) is 0 Å². The Hall–Kier alpha value is -0.480. The van der Waals surface area contributed by atoms with E-state index >= 15 is 0 Å². The van der Waals surface area contributed by atoms with E-state index in [2.05, 4.69) is 11.8 Å². The van der Waals surface area contributed by atoms with Gasteiger partial charge in [0.25, 0.3) is 0 Å². The average Bonchev–Trinajstić information content (AvgIpc) is 1.67. The second-order valence-electron chi connectivity index (χ2n) is 2.04. The number of nitrogens with two attached hydrogens (primary N) is 1. The Kier molecular flexibility index (Phi) is 3.30. The number of hydrogen-bond donors (Lipinski definition) is 1. The zero-order chi connectivity index (χ0) is 6.57. The minimum atomic E-state index is 0.197. The van der Waals surface area contributed by atoms with E-state index in [1.165, 1.54) is 0 Å². The fourth-order valence-corrected chi connectivity index (χ4v) is 0.359. The van der Waals surface area contributed by atoms with Gasteiger partial charge in [-0.25, -0.2) is 0 Å². The fraction of sp³-hybridized carbons (Fsp3) is 0.714. The van der Waals surface area contributed by atoms with Crippen molar-refractivity contribution in [2.45, 2.75) is 26.8 Å². The van der Waals surface area contributed by atoms with Crippen LogP contribution in [0.4, 0.5) is 0 Å². The van der Waals surface area contributed by atoms with Gasteiger partial charge in [-0.2, -0.15) is 0 Å². The third-order valence-corrected chi connectivity index (χ3v) is 1.16. The molecule has 1 nitrogen and oxygen atoms in total. The first-order chi connectivity index (χ1) is 3.68. The van der Waals surface area contributed by atoms with Crippen molar-refractivity contribution < 1.29 is 0 Å². The Morgan fingerprint density at radius 2 is 1.88 bits per heavy atom. The smallest absolute Gasteiger partial charge is 0.0323 e. The molecule has 0 saturated heterocycles. The van der Waals surface area contributed by atoms with Crippen LogP contribution in [0, 0.1) is 17.8 Å². The minimum Gasteiger partial charge on any atom is -0.327 e. The lowest BCUT2D eigenvalue weighted by molar-refractivity contribution is 0.600. The van der Waals surface area contributed by atoms with Gasteiger partial charge in [-0.3, -0.25) is 0 Å². The minimum absolute atomic E-state index is 0.197. The maximum atomic E-state index is 5.52. The van der Waals surface area contributed by atoms with Crippen molar-refractivity contribution in [1.29, 1.82) is 0 Å². The number of hydrogen-bond acceptors (Lipinski definition) is 1. The largest absolute Gasteiger partial charge is 0.327 e. The standard InChI is InChI=1S/C7H13N/c1-4-5-6(2)7(3)8/h6-7H,8H2,1-3H3. The molecule has 0 aliphatic carbocycles. The Morgan fingerprint density at radius 1 is 1.38 bits per heavy atom. The molecule has 1 heteroatoms. The second kappa shape index (κ2) is 3.51. The van der Waals surface area contributed by atoms with Crippen LogP contribution in [0.25, 0.3) is 0 Å². The van der Waals surface area contributed by atoms with E-state index in [4.69, 9.17) is 5.73 Å². The maximum absolute atomic E-state index is 5.52. The van der Waals surface area contributed by atoms with Crippen molar-refractivity contribution >= 4 is 0 Å². The fourth-order valence-electron chi connectivity index (χ4n) is 0.359. The molecule has 2 unspecified atom stereocenters. The summed E-state index contributed by atoms with van der Waals surface area (Å²) < 4.78 is 0. The van der Waals surface area contributed by atoms with Gasteiger partial charge in [0.15, 0.2) is 0 Å². The normalized spacial score (nSPS) is 16.0. The first kappa shape index (κ1) is 7.52. The highest BCUT2D eigenvalue weighted by atomic mass is 14.6. The van der Waals surface area contributed by atoms with Gasteiger partial charge < -0.3 is 5.73 Å². The monoisotopic (exact) mass is 111 g/mol. The topological polar surface area (TPSA) is 26.0 Å². The third-order valence-electron chi connectivity index (χ3n) is 1.16. The molecule has 0 saturated carbocycles. The van der Waals surface area contributed by atoms with Gasteiger partial charge in [0, 0.05) is 12.0 Å². The van der Waals surface area contributed by atoms with Crippen molar-refractivity contribution in [2.24, 2.45) is 11.7 Å². The van der Waals surface area contributed by atoms with E-state index < -0.39 is 0 Å². The molecular formula is C7H13N. The molecule has 0 aromatic heterocycles. The summed E-state index contributed by atoms with van der Waals surface area (Å²) >= 11 is 0. The van der Waals surface area contributed by atoms with E-state index in [0.29, 0.717) is 5.92 Å². The lowest BCUT2D eigenvalue weighted by Crippen LogP contribution is -2.22. The van der Waals surface area contributed by atoms with Crippen LogP contribution < -0.4 is 5.73 Å². The van der Waals surface area contributed by atoms with Crippen molar-refractivity contribution in [3.05, 3.63) is 0 Å². The molecule has 0 fully saturated rings. The highest BCUT2D eigenvalue weighted by Gasteiger charge is 2.00. The Morgan fingerprint density at radius 3 is 2.00 bits per heavy atom. The molecule has 0 aliphatic rings. The van der Waals surface area contributed by atoms with Crippen LogP contribution >= 0.6 is 0 Å². The Bertz CT molecular complexity index is 105. The van der Waals surface area contributed by atoms with Gasteiger partial charge in [0.2, 0.25) is 0 Å². The molecule has 0 aromatic rings. The van der Waals surface area contributed by atoms with Gasteiger partial charge in [-0.1, -0.05) is 5.92 Å². The summed E-state index contributed by atoms with van der Waals surface area (Å²) in [7, 11) is 0. The quantitative estimate of drug-likeness (QED) is 0.502. The van der Waals surface area contributed by atoms with Gasteiger partial charge in [-0.15, -0.1) is 5.92 Å². The summed E-state index contributed by atoms with van der Waals surface area (Å²) in [6, 6.07) is 0.197. The zero-order valence-electron chi connectivity index (χ0n) is 5.73. The lowest BCUT2D eigenvalue weighted by Gasteiger charge is -2.05. The molecule has 2 atom stereocenters. The molecule has 0 aliphatic heterocycles. The van der Waals surface area contributed by atoms with Crippen LogP contribution in [0.1, 0.15) is 20.8 Å². The van der Waals surface area contributed by atoms with Gasteiger partial charge in [0.05, 0.1) is 0 Å². The molecule has 0 rings (SSSR count). The summed E-state index contributed by atoms with van der Waals surface area (Å²) in [6.07, 6.45) is 0. The summed E-state index contributed by atoms with van der Waals surface area (Å²) in [5.74, 6) is 6.12. The SMILES string of the molecule is CC#CC(C)C(C)N. The van der Waals surface area contributed by atoms with Crippen LogP contribution in [-0.2, 0) is 0 Å². The van der Waals surface area contributed by atoms with E-state index in [1.54, 1.807) is 0 Å². The molecule has 0 amide bonds. The van der Waals surface area contributed by atoms with Crippen molar-refractivity contribution in [2.75, 3.05) is 0 Å². The Labute approximate surface area is 51.3 Å². The molecule has 2 N–H and O–H groups in total. The highest BCUT2D eigenvalue weighted by Crippen LogP contribution is 1.95. The summed E-state index contributed by atoms with van der Waals surface area (Å²) in [4.78, 5) is 0. The van der Waals surface area contributed by atoms with Crippen LogP contribution in [0.5, 0.6) is 0 Å². The predicted octanol–water partition coefficient (Wildman–Crippen LogP) is 0.993. The molecule has 0 radical (unpaired) electrons. The van der Waals surface area contributed by atoms with Crippen molar-refractivity contribution in [1.82, 2.24) is 0 Å². The molecule has 0 heterocycles. The molecule has 46 valence electrons. The van der Waals surface area contributed by atoms with Gasteiger partial charge >= 0.3 is 0 Å². The van der Waals surface area contributed by atoms with E-state index in [9.17, 15) is 0 Å². The molecular weight excluding hydrogens is 98.1 g/mol. The van der Waals surface area contributed by atoms with Gasteiger partial charge in [-0.05, 0) is 20.8 Å². The zero-order valence-corrected chi connectivity index (χ0v) is 5.73. The molecule has 0 spiro atoms. The average molecular weight is 111 g/mol. The summed E-state index contributed by atoms with van der Waals surface area (Å²) in [5, 5.41) is 0. The first-order valence-electron chi connectivity index (χ1n) is 2.86. The third kappa shape index (κ3) is 2.65. The van der Waals surface area contributed by atoms with Crippen LogP contribution in [-0.4, -0.2) is 6.04 Å². The van der Waals surface area contributed by atoms with Crippen molar-refractivity contribution in [3.8, 4) is 11.8 Å². The van der Waals surface area contributed by atoms with Crippen LogP contribution in [0.2, 0.25) is 0 Å². The Balaban J connectivity index is 3.58. The molecule has 8 heavy (non-hydrogen) atoms. The van der Waals surface area contributed by atoms with Crippen LogP contribution in [0.3, 0.4) is 0 Å². The molecule has 0 bridgehead atoms. The first-order valence-corrected chi connectivity index (χ1v) is 2.86.